The molecule has 0 unspecified atom stereocenters. The molecule has 0 aliphatic carbocycles. The fourth-order valence-electron chi connectivity index (χ4n) is 2.90. The van der Waals surface area contributed by atoms with Crippen molar-refractivity contribution in [2.24, 2.45) is 0 Å². The van der Waals surface area contributed by atoms with Gasteiger partial charge in [0.1, 0.15) is 0 Å². The molecule has 0 aliphatic heterocycles. The highest BCUT2D eigenvalue weighted by Crippen LogP contribution is 2.34. The molecule has 0 bridgehead atoms. The highest BCUT2D eigenvalue weighted by Gasteiger charge is 2.11. The van der Waals surface area contributed by atoms with E-state index in [9.17, 15) is 0 Å². The van der Waals surface area contributed by atoms with Gasteiger partial charge in [-0.3, -0.25) is 0 Å². The van der Waals surface area contributed by atoms with E-state index < -0.39 is 0 Å². The summed E-state index contributed by atoms with van der Waals surface area (Å²) in [5.41, 5.74) is 5.89. The van der Waals surface area contributed by atoms with E-state index in [1.165, 1.54) is 11.1 Å². The van der Waals surface area contributed by atoms with Gasteiger partial charge in [-0.05, 0) is 64.4 Å². The minimum atomic E-state index is 1.15. The maximum absolute atomic E-state index is 2.27. The first-order valence-corrected chi connectivity index (χ1v) is 9.55. The number of nitrogens with zero attached hydrogens (tertiary/aromatic N) is 1. The zero-order valence-corrected chi connectivity index (χ0v) is 15.1. The molecule has 1 nitrogen and oxygen atoms in total. The Kier molecular flexibility index (Phi) is 4.95. The van der Waals surface area contributed by atoms with Crippen molar-refractivity contribution in [1.82, 2.24) is 0 Å². The first-order valence-electron chi connectivity index (χ1n) is 8.61. The number of benzene rings is 3. The average molecular weight is 353 g/mol. The van der Waals surface area contributed by atoms with Gasteiger partial charge in [-0.25, -0.2) is 0 Å². The summed E-state index contributed by atoms with van der Waals surface area (Å²) in [7, 11) is 0. The van der Waals surface area contributed by atoms with Gasteiger partial charge in [0.15, 0.2) is 0 Å². The maximum Gasteiger partial charge on any atom is 0.0462 e. The van der Waals surface area contributed by atoms with Crippen molar-refractivity contribution in [2.75, 3.05) is 4.90 Å². The zero-order chi connectivity index (χ0) is 17.6. The zero-order valence-electron chi connectivity index (χ0n) is 14.3. The molecule has 26 heavy (non-hydrogen) atoms. The number of anilines is 3. The van der Waals surface area contributed by atoms with Crippen molar-refractivity contribution in [3.8, 4) is 0 Å². The van der Waals surface area contributed by atoms with Crippen molar-refractivity contribution < 1.29 is 0 Å². The molecule has 1 heterocycles. The SMILES string of the molecule is C(=Cc1ccsc1)c1ccc(N(c2ccccc2)c2ccccc2)cc1. The molecule has 126 valence electrons. The van der Waals surface area contributed by atoms with Crippen LogP contribution in [0, 0.1) is 0 Å². The van der Waals surface area contributed by atoms with E-state index in [1.54, 1.807) is 11.3 Å². The molecule has 0 spiro atoms. The molecule has 0 atom stereocenters. The van der Waals surface area contributed by atoms with Crippen LogP contribution in [0.15, 0.2) is 102 Å². The smallest absolute Gasteiger partial charge is 0.0462 e. The Morgan fingerprint density at radius 3 is 1.62 bits per heavy atom. The Morgan fingerprint density at radius 1 is 0.538 bits per heavy atom. The Morgan fingerprint density at radius 2 is 1.08 bits per heavy atom. The van der Waals surface area contributed by atoms with E-state index in [0.717, 1.165) is 17.1 Å². The standard InChI is InChI=1S/C24H19NS/c1-3-7-22(8-4-1)25(23-9-5-2-6-10-23)24-15-13-20(14-16-24)11-12-21-17-18-26-19-21/h1-19H. The Balaban J connectivity index is 1.66. The lowest BCUT2D eigenvalue weighted by molar-refractivity contribution is 1.28. The van der Waals surface area contributed by atoms with Crippen LogP contribution in [-0.4, -0.2) is 0 Å². The first kappa shape index (κ1) is 16.4. The monoisotopic (exact) mass is 353 g/mol. The summed E-state index contributed by atoms with van der Waals surface area (Å²) in [5.74, 6) is 0. The highest BCUT2D eigenvalue weighted by atomic mass is 32.1. The fraction of sp³-hybridized carbons (Fsp3) is 0. The quantitative estimate of drug-likeness (QED) is 0.361. The van der Waals surface area contributed by atoms with Crippen LogP contribution in [0.5, 0.6) is 0 Å². The predicted octanol–water partition coefficient (Wildman–Crippen LogP) is 7.39. The lowest BCUT2D eigenvalue weighted by Gasteiger charge is -2.25. The molecule has 1 aromatic heterocycles. The number of hydrogen-bond acceptors (Lipinski definition) is 2. The van der Waals surface area contributed by atoms with Crippen molar-refractivity contribution in [2.45, 2.75) is 0 Å². The normalized spacial score (nSPS) is 10.9. The Hall–Kier alpha value is -3.10. The second-order valence-electron chi connectivity index (χ2n) is 5.99. The molecule has 0 saturated heterocycles. The molecular formula is C24H19NS. The summed E-state index contributed by atoms with van der Waals surface area (Å²) in [6, 6.07) is 31.7. The van der Waals surface area contributed by atoms with Crippen molar-refractivity contribution in [3.05, 3.63) is 113 Å². The lowest BCUT2D eigenvalue weighted by Crippen LogP contribution is -2.09. The molecule has 0 fully saturated rings. The molecule has 0 aliphatic rings. The van der Waals surface area contributed by atoms with E-state index in [0.29, 0.717) is 0 Å². The van der Waals surface area contributed by atoms with Crippen LogP contribution in [0.4, 0.5) is 17.1 Å². The van der Waals surface area contributed by atoms with Crippen LogP contribution in [0.2, 0.25) is 0 Å². The fourth-order valence-corrected chi connectivity index (χ4v) is 3.53. The summed E-state index contributed by atoms with van der Waals surface area (Å²) in [6.45, 7) is 0. The summed E-state index contributed by atoms with van der Waals surface area (Å²) in [6.07, 6.45) is 4.30. The van der Waals surface area contributed by atoms with Gasteiger partial charge >= 0.3 is 0 Å². The molecule has 0 N–H and O–H groups in total. The van der Waals surface area contributed by atoms with E-state index in [2.05, 4.69) is 107 Å². The topological polar surface area (TPSA) is 3.24 Å². The van der Waals surface area contributed by atoms with Crippen molar-refractivity contribution in [3.63, 3.8) is 0 Å². The van der Waals surface area contributed by atoms with Crippen molar-refractivity contribution >= 4 is 40.6 Å². The van der Waals surface area contributed by atoms with Gasteiger partial charge in [0, 0.05) is 17.1 Å². The average Bonchev–Trinajstić information content (AvgIpc) is 3.23. The molecule has 0 saturated carbocycles. The number of hydrogen-bond donors (Lipinski definition) is 0. The van der Waals surface area contributed by atoms with Crippen LogP contribution in [0.1, 0.15) is 11.1 Å². The second-order valence-corrected chi connectivity index (χ2v) is 6.77. The van der Waals surface area contributed by atoms with Crippen LogP contribution < -0.4 is 4.90 Å². The van der Waals surface area contributed by atoms with Crippen LogP contribution in [0.25, 0.3) is 12.2 Å². The van der Waals surface area contributed by atoms with Crippen LogP contribution in [0.3, 0.4) is 0 Å². The number of rotatable bonds is 5. The van der Waals surface area contributed by atoms with Gasteiger partial charge in [-0.2, -0.15) is 11.3 Å². The van der Waals surface area contributed by atoms with Crippen LogP contribution >= 0.6 is 11.3 Å². The highest BCUT2D eigenvalue weighted by molar-refractivity contribution is 7.08. The number of thiophene rings is 1. The number of para-hydroxylation sites is 2. The largest absolute Gasteiger partial charge is 0.311 e. The van der Waals surface area contributed by atoms with Crippen molar-refractivity contribution in [1.29, 1.82) is 0 Å². The molecule has 4 rings (SSSR count). The summed E-state index contributed by atoms with van der Waals surface area (Å²) in [5, 5.41) is 4.25. The van der Waals surface area contributed by atoms with E-state index in [4.69, 9.17) is 0 Å². The van der Waals surface area contributed by atoms with Gasteiger partial charge in [0.25, 0.3) is 0 Å². The second kappa shape index (κ2) is 7.85. The van der Waals surface area contributed by atoms with E-state index >= 15 is 0 Å². The molecule has 0 amide bonds. The van der Waals surface area contributed by atoms with Gasteiger partial charge in [0.2, 0.25) is 0 Å². The Labute approximate surface area is 158 Å². The first-order chi connectivity index (χ1) is 12.9. The third-order valence-corrected chi connectivity index (χ3v) is 4.89. The molecule has 0 radical (unpaired) electrons. The van der Waals surface area contributed by atoms with Gasteiger partial charge in [-0.15, -0.1) is 0 Å². The molecule has 2 heteroatoms. The van der Waals surface area contributed by atoms with Gasteiger partial charge in [-0.1, -0.05) is 60.7 Å². The summed E-state index contributed by atoms with van der Waals surface area (Å²) >= 11 is 1.72. The molecular weight excluding hydrogens is 334 g/mol. The maximum atomic E-state index is 2.27. The molecule has 4 aromatic rings. The third-order valence-electron chi connectivity index (χ3n) is 4.19. The minimum absolute atomic E-state index is 1.15. The van der Waals surface area contributed by atoms with Gasteiger partial charge < -0.3 is 4.90 Å². The lowest BCUT2D eigenvalue weighted by atomic mass is 10.1. The van der Waals surface area contributed by atoms with E-state index in [1.807, 2.05) is 12.1 Å². The molecule has 3 aromatic carbocycles. The predicted molar refractivity (Wildman–Crippen MR) is 114 cm³/mol. The minimum Gasteiger partial charge on any atom is -0.311 e. The Bertz CT molecular complexity index is 916. The van der Waals surface area contributed by atoms with E-state index in [-0.39, 0.29) is 0 Å². The van der Waals surface area contributed by atoms with Gasteiger partial charge in [0.05, 0.1) is 0 Å². The summed E-state index contributed by atoms with van der Waals surface area (Å²) < 4.78 is 0. The third kappa shape index (κ3) is 3.76. The van der Waals surface area contributed by atoms with Crippen LogP contribution in [-0.2, 0) is 0 Å². The summed E-state index contributed by atoms with van der Waals surface area (Å²) in [4.78, 5) is 2.27.